The van der Waals surface area contributed by atoms with E-state index in [1.807, 2.05) is 11.8 Å². The second kappa shape index (κ2) is 5.35. The Balaban J connectivity index is 1.54. The monoisotopic (exact) mass is 276 g/mol. The molecule has 0 unspecified atom stereocenters. The van der Waals surface area contributed by atoms with Gasteiger partial charge in [0, 0.05) is 12.3 Å². The number of hydrogen-bond acceptors (Lipinski definition) is 4. The summed E-state index contributed by atoms with van der Waals surface area (Å²) in [6.07, 6.45) is 0. The molecule has 4 nitrogen and oxygen atoms in total. The van der Waals surface area contributed by atoms with Gasteiger partial charge in [-0.15, -0.1) is 0 Å². The van der Waals surface area contributed by atoms with Crippen LogP contribution in [0.25, 0.3) is 0 Å². The van der Waals surface area contributed by atoms with Crippen LogP contribution in [0.1, 0.15) is 20.7 Å². The molecule has 2 aliphatic rings. The van der Waals surface area contributed by atoms with Crippen LogP contribution in [0, 0.1) is 5.92 Å². The third-order valence-electron chi connectivity index (χ3n) is 3.56. The SMILES string of the molecule is O=C1c2ccccc2C(=O)N1CCSCC1CNC1. The Morgan fingerprint density at radius 3 is 2.32 bits per heavy atom. The molecule has 0 spiro atoms. The minimum Gasteiger partial charge on any atom is -0.316 e. The lowest BCUT2D eigenvalue weighted by molar-refractivity contribution is 0.0664. The van der Waals surface area contributed by atoms with Gasteiger partial charge < -0.3 is 5.32 Å². The fourth-order valence-electron chi connectivity index (χ4n) is 2.31. The summed E-state index contributed by atoms with van der Waals surface area (Å²) >= 11 is 1.82. The first-order valence-electron chi connectivity index (χ1n) is 6.51. The molecule has 0 aliphatic carbocycles. The molecule has 1 saturated heterocycles. The third kappa shape index (κ3) is 2.40. The number of rotatable bonds is 5. The van der Waals surface area contributed by atoms with E-state index in [4.69, 9.17) is 0 Å². The average Bonchev–Trinajstić information content (AvgIpc) is 2.62. The molecule has 0 radical (unpaired) electrons. The second-order valence-corrected chi connectivity index (χ2v) is 6.06. The highest BCUT2D eigenvalue weighted by molar-refractivity contribution is 7.99. The van der Waals surface area contributed by atoms with Gasteiger partial charge in [-0.05, 0) is 36.9 Å². The minimum atomic E-state index is -0.147. The van der Waals surface area contributed by atoms with Crippen molar-refractivity contribution in [3.8, 4) is 0 Å². The highest BCUT2D eigenvalue weighted by Gasteiger charge is 2.34. The van der Waals surface area contributed by atoms with Crippen LogP contribution in [0.3, 0.4) is 0 Å². The van der Waals surface area contributed by atoms with Crippen LogP contribution in [0.4, 0.5) is 0 Å². The van der Waals surface area contributed by atoms with Gasteiger partial charge in [0.15, 0.2) is 0 Å². The lowest BCUT2D eigenvalue weighted by Gasteiger charge is -2.26. The Bertz CT molecular complexity index is 479. The molecule has 1 N–H and O–H groups in total. The molecule has 5 heteroatoms. The number of benzene rings is 1. The molecule has 1 aromatic rings. The molecular weight excluding hydrogens is 260 g/mol. The van der Waals surface area contributed by atoms with E-state index >= 15 is 0 Å². The normalized spacial score (nSPS) is 18.6. The summed E-state index contributed by atoms with van der Waals surface area (Å²) < 4.78 is 0. The maximum atomic E-state index is 12.1. The van der Waals surface area contributed by atoms with Crippen molar-refractivity contribution in [3.05, 3.63) is 35.4 Å². The van der Waals surface area contributed by atoms with Gasteiger partial charge in [-0.2, -0.15) is 11.8 Å². The van der Waals surface area contributed by atoms with Crippen LogP contribution in [-0.4, -0.2) is 47.9 Å². The van der Waals surface area contributed by atoms with E-state index in [1.165, 1.54) is 4.90 Å². The first kappa shape index (κ1) is 12.7. The van der Waals surface area contributed by atoms with Crippen molar-refractivity contribution in [3.63, 3.8) is 0 Å². The number of carbonyl (C=O) groups is 2. The molecule has 0 bridgehead atoms. The molecule has 100 valence electrons. The Labute approximate surface area is 116 Å². The molecule has 1 aromatic carbocycles. The first-order chi connectivity index (χ1) is 9.27. The summed E-state index contributed by atoms with van der Waals surface area (Å²) in [7, 11) is 0. The maximum absolute atomic E-state index is 12.1. The zero-order valence-corrected chi connectivity index (χ0v) is 11.4. The van der Waals surface area contributed by atoms with E-state index in [2.05, 4.69) is 5.32 Å². The molecule has 2 heterocycles. The van der Waals surface area contributed by atoms with Crippen molar-refractivity contribution < 1.29 is 9.59 Å². The molecule has 0 aromatic heterocycles. The molecule has 0 atom stereocenters. The number of fused-ring (bicyclic) bond motifs is 1. The minimum absolute atomic E-state index is 0.147. The smallest absolute Gasteiger partial charge is 0.261 e. The quantitative estimate of drug-likeness (QED) is 0.649. The standard InChI is InChI=1S/C14H16N2O2S/c17-13-11-3-1-2-4-12(11)14(18)16(13)5-6-19-9-10-7-15-8-10/h1-4,10,15H,5-9H2. The van der Waals surface area contributed by atoms with Crippen molar-refractivity contribution in [2.75, 3.05) is 31.1 Å². The van der Waals surface area contributed by atoms with Crippen molar-refractivity contribution in [2.24, 2.45) is 5.92 Å². The third-order valence-corrected chi connectivity index (χ3v) is 4.74. The highest BCUT2D eigenvalue weighted by Crippen LogP contribution is 2.23. The number of thioether (sulfide) groups is 1. The summed E-state index contributed by atoms with van der Waals surface area (Å²) in [6.45, 7) is 2.71. The highest BCUT2D eigenvalue weighted by atomic mass is 32.2. The first-order valence-corrected chi connectivity index (χ1v) is 7.66. The van der Waals surface area contributed by atoms with Crippen LogP contribution >= 0.6 is 11.8 Å². The van der Waals surface area contributed by atoms with Crippen molar-refractivity contribution >= 4 is 23.6 Å². The van der Waals surface area contributed by atoms with E-state index in [0.29, 0.717) is 17.7 Å². The van der Waals surface area contributed by atoms with Crippen LogP contribution < -0.4 is 5.32 Å². The summed E-state index contributed by atoms with van der Waals surface area (Å²) in [5.41, 5.74) is 1.08. The molecule has 3 rings (SSSR count). The second-order valence-electron chi connectivity index (χ2n) is 4.91. The Kier molecular flexibility index (Phi) is 3.57. The van der Waals surface area contributed by atoms with Crippen LogP contribution in [-0.2, 0) is 0 Å². The zero-order chi connectivity index (χ0) is 13.2. The zero-order valence-electron chi connectivity index (χ0n) is 10.6. The predicted octanol–water partition coefficient (Wildman–Crippen LogP) is 1.24. The molecule has 2 aliphatic heterocycles. The topological polar surface area (TPSA) is 49.4 Å². The van der Waals surface area contributed by atoms with Gasteiger partial charge in [0.1, 0.15) is 0 Å². The fourth-order valence-corrected chi connectivity index (χ4v) is 3.36. The van der Waals surface area contributed by atoms with E-state index in [-0.39, 0.29) is 11.8 Å². The lowest BCUT2D eigenvalue weighted by Crippen LogP contribution is -2.43. The van der Waals surface area contributed by atoms with Crippen LogP contribution in [0.2, 0.25) is 0 Å². The number of carbonyl (C=O) groups excluding carboxylic acids is 2. The van der Waals surface area contributed by atoms with Crippen molar-refractivity contribution in [1.29, 1.82) is 0 Å². The van der Waals surface area contributed by atoms with E-state index in [0.717, 1.165) is 30.5 Å². The molecule has 2 amide bonds. The predicted molar refractivity (Wildman–Crippen MR) is 75.5 cm³/mol. The van der Waals surface area contributed by atoms with E-state index < -0.39 is 0 Å². The number of imide groups is 1. The van der Waals surface area contributed by atoms with Crippen molar-refractivity contribution in [1.82, 2.24) is 10.2 Å². The molecule has 19 heavy (non-hydrogen) atoms. The molecular formula is C14H16N2O2S. The van der Waals surface area contributed by atoms with Crippen molar-refractivity contribution in [2.45, 2.75) is 0 Å². The Morgan fingerprint density at radius 1 is 1.16 bits per heavy atom. The Hall–Kier alpha value is -1.33. The van der Waals surface area contributed by atoms with E-state index in [9.17, 15) is 9.59 Å². The summed E-state index contributed by atoms with van der Waals surface area (Å²) in [4.78, 5) is 25.5. The average molecular weight is 276 g/mol. The summed E-state index contributed by atoms with van der Waals surface area (Å²) in [6, 6.07) is 7.04. The van der Waals surface area contributed by atoms with Gasteiger partial charge in [-0.3, -0.25) is 14.5 Å². The molecule has 1 fully saturated rings. The van der Waals surface area contributed by atoms with E-state index in [1.54, 1.807) is 24.3 Å². The maximum Gasteiger partial charge on any atom is 0.261 e. The van der Waals surface area contributed by atoms with Gasteiger partial charge in [0.05, 0.1) is 11.1 Å². The van der Waals surface area contributed by atoms with Crippen LogP contribution in [0.15, 0.2) is 24.3 Å². The van der Waals surface area contributed by atoms with Gasteiger partial charge in [0.2, 0.25) is 0 Å². The van der Waals surface area contributed by atoms with Gasteiger partial charge in [0.25, 0.3) is 11.8 Å². The fraction of sp³-hybridized carbons (Fsp3) is 0.429. The van der Waals surface area contributed by atoms with Gasteiger partial charge in [-0.1, -0.05) is 12.1 Å². The summed E-state index contributed by atoms with van der Waals surface area (Å²) in [5.74, 6) is 2.39. The number of nitrogens with one attached hydrogen (secondary N) is 1. The molecule has 0 saturated carbocycles. The number of hydrogen-bond donors (Lipinski definition) is 1. The van der Waals surface area contributed by atoms with Gasteiger partial charge >= 0.3 is 0 Å². The number of nitrogens with zero attached hydrogens (tertiary/aromatic N) is 1. The largest absolute Gasteiger partial charge is 0.316 e. The number of amides is 2. The van der Waals surface area contributed by atoms with Gasteiger partial charge in [-0.25, -0.2) is 0 Å². The lowest BCUT2D eigenvalue weighted by atomic mass is 10.1. The Morgan fingerprint density at radius 2 is 1.79 bits per heavy atom. The summed E-state index contributed by atoms with van der Waals surface area (Å²) in [5, 5.41) is 3.24. The van der Waals surface area contributed by atoms with Crippen LogP contribution in [0.5, 0.6) is 0 Å².